The molecular weight excluding hydrogens is 214 g/mol. The molecule has 84 valence electrons. The highest BCUT2D eigenvalue weighted by molar-refractivity contribution is 7.86. The minimum absolute atomic E-state index is 0.0895. The fourth-order valence-electron chi connectivity index (χ4n) is 1.23. The molecule has 1 atom stereocenters. The van der Waals surface area contributed by atoms with Crippen LogP contribution in [-0.4, -0.2) is 20.7 Å². The van der Waals surface area contributed by atoms with Gasteiger partial charge in [0.25, 0.3) is 0 Å². The van der Waals surface area contributed by atoms with Crippen LogP contribution in [0.3, 0.4) is 0 Å². The Morgan fingerprint density at radius 2 is 1.87 bits per heavy atom. The van der Waals surface area contributed by atoms with E-state index in [-0.39, 0.29) is 6.04 Å². The van der Waals surface area contributed by atoms with Gasteiger partial charge in [0.2, 0.25) is 0 Å². The van der Waals surface area contributed by atoms with E-state index in [9.17, 15) is 8.42 Å². The fraction of sp³-hybridized carbons (Fsp3) is 0.400. The number of hydrogen-bond acceptors (Lipinski definition) is 4. The van der Waals surface area contributed by atoms with Gasteiger partial charge in [0.05, 0.1) is 6.26 Å². The number of hydrogen-bond donors (Lipinski definition) is 1. The standard InChI is InChI=1S/C10H15NO3S/c1-8(11)7-9-3-5-10(6-4-9)14-15(2,12)13/h3-6,8H,7,11H2,1-2H3/t8-/m1/s1. The van der Waals surface area contributed by atoms with E-state index >= 15 is 0 Å². The van der Waals surface area contributed by atoms with Crippen molar-refractivity contribution in [1.29, 1.82) is 0 Å². The molecule has 5 heteroatoms. The van der Waals surface area contributed by atoms with Gasteiger partial charge in [0.1, 0.15) is 5.75 Å². The van der Waals surface area contributed by atoms with Crippen LogP contribution in [0.25, 0.3) is 0 Å². The highest BCUT2D eigenvalue weighted by Crippen LogP contribution is 2.14. The van der Waals surface area contributed by atoms with Crippen LogP contribution in [-0.2, 0) is 16.5 Å². The summed E-state index contributed by atoms with van der Waals surface area (Å²) in [6.07, 6.45) is 1.78. The highest BCUT2D eigenvalue weighted by Gasteiger charge is 2.04. The molecule has 1 aromatic carbocycles. The second kappa shape index (κ2) is 4.63. The monoisotopic (exact) mass is 229 g/mol. The Labute approximate surface area is 90.2 Å². The van der Waals surface area contributed by atoms with Crippen LogP contribution in [0.4, 0.5) is 0 Å². The first-order chi connectivity index (χ1) is 6.87. The molecular formula is C10H15NO3S. The lowest BCUT2D eigenvalue weighted by Crippen LogP contribution is -2.17. The molecule has 0 saturated carbocycles. The molecule has 1 aromatic rings. The molecule has 0 aromatic heterocycles. The van der Waals surface area contributed by atoms with Crippen molar-refractivity contribution >= 4 is 10.1 Å². The van der Waals surface area contributed by atoms with Crippen molar-refractivity contribution < 1.29 is 12.6 Å². The van der Waals surface area contributed by atoms with Gasteiger partial charge in [0.15, 0.2) is 0 Å². The molecule has 0 amide bonds. The summed E-state index contributed by atoms with van der Waals surface area (Å²) in [6, 6.07) is 6.96. The van der Waals surface area contributed by atoms with Crippen LogP contribution in [0.5, 0.6) is 5.75 Å². The lowest BCUT2D eigenvalue weighted by atomic mass is 10.1. The summed E-state index contributed by atoms with van der Waals surface area (Å²) in [5, 5.41) is 0. The summed E-state index contributed by atoms with van der Waals surface area (Å²) < 4.78 is 26.3. The Morgan fingerprint density at radius 3 is 2.27 bits per heavy atom. The highest BCUT2D eigenvalue weighted by atomic mass is 32.2. The van der Waals surface area contributed by atoms with Crippen LogP contribution in [0.15, 0.2) is 24.3 Å². The summed E-state index contributed by atoms with van der Waals surface area (Å²) in [6.45, 7) is 1.92. The average Bonchev–Trinajstić information content (AvgIpc) is 2.05. The lowest BCUT2D eigenvalue weighted by Gasteiger charge is -2.06. The molecule has 2 N–H and O–H groups in total. The van der Waals surface area contributed by atoms with Crippen LogP contribution < -0.4 is 9.92 Å². The van der Waals surface area contributed by atoms with Gasteiger partial charge in [0, 0.05) is 6.04 Å². The van der Waals surface area contributed by atoms with Gasteiger partial charge in [-0.25, -0.2) is 0 Å². The first kappa shape index (κ1) is 12.0. The second-order valence-corrected chi connectivity index (χ2v) is 5.19. The number of nitrogens with two attached hydrogens (primary N) is 1. The molecule has 0 fully saturated rings. The van der Waals surface area contributed by atoms with Crippen molar-refractivity contribution in [2.75, 3.05) is 6.26 Å². The molecule has 0 aliphatic heterocycles. The maximum atomic E-state index is 10.8. The normalized spacial score (nSPS) is 13.5. The van der Waals surface area contributed by atoms with Crippen molar-refractivity contribution in [2.45, 2.75) is 19.4 Å². The van der Waals surface area contributed by atoms with Crippen LogP contribution >= 0.6 is 0 Å². The van der Waals surface area contributed by atoms with Crippen molar-refractivity contribution in [3.05, 3.63) is 29.8 Å². The zero-order valence-electron chi connectivity index (χ0n) is 8.80. The van der Waals surface area contributed by atoms with Crippen molar-refractivity contribution in [3.8, 4) is 5.75 Å². The molecule has 0 aliphatic rings. The van der Waals surface area contributed by atoms with Gasteiger partial charge in [-0.3, -0.25) is 0 Å². The van der Waals surface area contributed by atoms with E-state index < -0.39 is 10.1 Å². The molecule has 0 heterocycles. The zero-order valence-corrected chi connectivity index (χ0v) is 9.62. The Kier molecular flexibility index (Phi) is 3.71. The van der Waals surface area contributed by atoms with Crippen molar-refractivity contribution in [2.24, 2.45) is 5.73 Å². The van der Waals surface area contributed by atoms with Gasteiger partial charge < -0.3 is 9.92 Å². The molecule has 0 bridgehead atoms. The Bertz CT molecular complexity index is 409. The Morgan fingerprint density at radius 1 is 1.33 bits per heavy atom. The van der Waals surface area contributed by atoms with Crippen molar-refractivity contribution in [1.82, 2.24) is 0 Å². The lowest BCUT2D eigenvalue weighted by molar-refractivity contribution is 0.493. The molecule has 0 aliphatic carbocycles. The zero-order chi connectivity index (χ0) is 11.5. The minimum atomic E-state index is -3.44. The molecule has 0 radical (unpaired) electrons. The van der Waals surface area contributed by atoms with Crippen molar-refractivity contribution in [3.63, 3.8) is 0 Å². The predicted molar refractivity (Wildman–Crippen MR) is 59.3 cm³/mol. The van der Waals surface area contributed by atoms with E-state index in [1.807, 2.05) is 19.1 Å². The van der Waals surface area contributed by atoms with E-state index in [4.69, 9.17) is 9.92 Å². The predicted octanol–water partition coefficient (Wildman–Crippen LogP) is 0.915. The fourth-order valence-corrected chi connectivity index (χ4v) is 1.69. The van der Waals surface area contributed by atoms with E-state index in [0.29, 0.717) is 5.75 Å². The van der Waals surface area contributed by atoms with E-state index in [1.54, 1.807) is 12.1 Å². The summed E-state index contributed by atoms with van der Waals surface area (Å²) in [5.41, 5.74) is 6.70. The van der Waals surface area contributed by atoms with Gasteiger partial charge in [-0.1, -0.05) is 12.1 Å². The Hall–Kier alpha value is -1.07. The minimum Gasteiger partial charge on any atom is -0.383 e. The molecule has 1 rings (SSSR count). The first-order valence-corrected chi connectivity index (χ1v) is 6.42. The molecule has 0 saturated heterocycles. The summed E-state index contributed by atoms with van der Waals surface area (Å²) in [7, 11) is -3.44. The quantitative estimate of drug-likeness (QED) is 0.779. The van der Waals surface area contributed by atoms with Gasteiger partial charge in [-0.15, -0.1) is 0 Å². The average molecular weight is 229 g/mol. The topological polar surface area (TPSA) is 69.4 Å². The third-order valence-corrected chi connectivity index (χ3v) is 2.22. The smallest absolute Gasteiger partial charge is 0.306 e. The first-order valence-electron chi connectivity index (χ1n) is 4.61. The summed E-state index contributed by atoms with van der Waals surface area (Å²) >= 11 is 0. The Balaban J connectivity index is 2.73. The SMILES string of the molecule is C[C@@H](N)Cc1ccc(OS(C)(=O)=O)cc1. The van der Waals surface area contributed by atoms with E-state index in [2.05, 4.69) is 0 Å². The third kappa shape index (κ3) is 4.80. The second-order valence-electron chi connectivity index (χ2n) is 3.61. The van der Waals surface area contributed by atoms with E-state index in [1.165, 1.54) is 0 Å². The maximum absolute atomic E-state index is 10.8. The summed E-state index contributed by atoms with van der Waals surface area (Å²) in [5.74, 6) is 0.325. The largest absolute Gasteiger partial charge is 0.383 e. The van der Waals surface area contributed by atoms with Gasteiger partial charge >= 0.3 is 10.1 Å². The third-order valence-electron chi connectivity index (χ3n) is 1.73. The molecule has 0 spiro atoms. The molecule has 15 heavy (non-hydrogen) atoms. The van der Waals surface area contributed by atoms with Gasteiger partial charge in [-0.05, 0) is 31.0 Å². The van der Waals surface area contributed by atoms with Crippen LogP contribution in [0, 0.1) is 0 Å². The van der Waals surface area contributed by atoms with Crippen LogP contribution in [0.1, 0.15) is 12.5 Å². The van der Waals surface area contributed by atoms with E-state index in [0.717, 1.165) is 18.2 Å². The number of benzene rings is 1. The van der Waals surface area contributed by atoms with Gasteiger partial charge in [-0.2, -0.15) is 8.42 Å². The van der Waals surface area contributed by atoms with Crippen LogP contribution in [0.2, 0.25) is 0 Å². The summed E-state index contributed by atoms with van der Waals surface area (Å²) in [4.78, 5) is 0. The number of rotatable bonds is 4. The maximum Gasteiger partial charge on any atom is 0.306 e. The molecule has 0 unspecified atom stereocenters. The molecule has 4 nitrogen and oxygen atoms in total.